The number of allylic oxidation sites excluding steroid dienone is 4. The Hall–Kier alpha value is -0.850. The summed E-state index contributed by atoms with van der Waals surface area (Å²) in [5.74, 6) is 0. The second-order valence-corrected chi connectivity index (χ2v) is 2.68. The molecule has 1 aliphatic rings. The van der Waals surface area contributed by atoms with Crippen molar-refractivity contribution in [3.05, 3.63) is 23.4 Å². The molecule has 0 saturated carbocycles. The van der Waals surface area contributed by atoms with Crippen molar-refractivity contribution < 1.29 is 0 Å². The van der Waals surface area contributed by atoms with Crippen LogP contribution in [0, 0.1) is 0 Å². The zero-order valence-corrected chi connectivity index (χ0v) is 6.59. The molecule has 0 amide bonds. The van der Waals surface area contributed by atoms with Gasteiger partial charge >= 0.3 is 0 Å². The number of nitrogens with zero attached hydrogens (tertiary/aromatic N) is 1. The molecule has 0 spiro atoms. The first-order valence-electron chi connectivity index (χ1n) is 3.65. The Labute approximate surface area is 62.2 Å². The van der Waals surface area contributed by atoms with Crippen LogP contribution >= 0.6 is 0 Å². The standard InChI is InChI=1S/C9H13N/c1-8-4-3-5-9(2)10-7-6-8/h5-7H,3-4H2,1-2H3. The molecule has 1 heterocycles. The van der Waals surface area contributed by atoms with Crippen LogP contribution in [0.4, 0.5) is 0 Å². The number of aliphatic imine (C=N–C) groups is 1. The fourth-order valence-corrected chi connectivity index (χ4v) is 0.927. The highest BCUT2D eigenvalue weighted by Gasteiger charge is 1.90. The summed E-state index contributed by atoms with van der Waals surface area (Å²) in [5, 5.41) is 0. The Bertz CT molecular complexity index is 197. The Morgan fingerprint density at radius 1 is 1.40 bits per heavy atom. The maximum atomic E-state index is 4.19. The van der Waals surface area contributed by atoms with Gasteiger partial charge < -0.3 is 0 Å². The lowest BCUT2D eigenvalue weighted by molar-refractivity contribution is 0.962. The van der Waals surface area contributed by atoms with Crippen molar-refractivity contribution in [2.45, 2.75) is 26.7 Å². The summed E-state index contributed by atoms with van der Waals surface area (Å²) in [5.41, 5.74) is 2.54. The first kappa shape index (κ1) is 7.26. The maximum absolute atomic E-state index is 4.19. The predicted octanol–water partition coefficient (Wildman–Crippen LogP) is 2.70. The highest BCUT2D eigenvalue weighted by molar-refractivity contribution is 5.73. The minimum absolute atomic E-state index is 1.13. The monoisotopic (exact) mass is 135 g/mol. The third-order valence-electron chi connectivity index (χ3n) is 1.62. The van der Waals surface area contributed by atoms with Crippen molar-refractivity contribution >= 4 is 6.21 Å². The maximum Gasteiger partial charge on any atom is 0.0332 e. The fourth-order valence-electron chi connectivity index (χ4n) is 0.927. The molecular formula is C9H13N. The van der Waals surface area contributed by atoms with Gasteiger partial charge in [-0.3, -0.25) is 4.99 Å². The molecule has 0 saturated heterocycles. The Kier molecular flexibility index (Phi) is 2.43. The molecule has 10 heavy (non-hydrogen) atoms. The summed E-state index contributed by atoms with van der Waals surface area (Å²) in [6.45, 7) is 4.17. The van der Waals surface area contributed by atoms with E-state index in [9.17, 15) is 0 Å². The van der Waals surface area contributed by atoms with E-state index in [1.54, 1.807) is 0 Å². The van der Waals surface area contributed by atoms with E-state index in [1.165, 1.54) is 12.0 Å². The Morgan fingerprint density at radius 2 is 2.20 bits per heavy atom. The highest BCUT2D eigenvalue weighted by Crippen LogP contribution is 2.08. The molecule has 1 rings (SSSR count). The van der Waals surface area contributed by atoms with E-state index in [1.807, 2.05) is 13.1 Å². The highest BCUT2D eigenvalue weighted by atomic mass is 14.7. The van der Waals surface area contributed by atoms with Crippen LogP contribution in [0.5, 0.6) is 0 Å². The first-order chi connectivity index (χ1) is 4.79. The van der Waals surface area contributed by atoms with Crippen molar-refractivity contribution in [1.29, 1.82) is 0 Å². The van der Waals surface area contributed by atoms with E-state index in [0.29, 0.717) is 0 Å². The van der Waals surface area contributed by atoms with Crippen LogP contribution in [-0.4, -0.2) is 6.21 Å². The molecule has 0 atom stereocenters. The molecule has 54 valence electrons. The number of hydrogen-bond donors (Lipinski definition) is 0. The van der Waals surface area contributed by atoms with E-state index in [-0.39, 0.29) is 0 Å². The summed E-state index contributed by atoms with van der Waals surface area (Å²) in [6.07, 6.45) is 8.43. The number of hydrogen-bond acceptors (Lipinski definition) is 1. The minimum atomic E-state index is 1.13. The van der Waals surface area contributed by atoms with Gasteiger partial charge in [0.2, 0.25) is 0 Å². The average Bonchev–Trinajstić information content (AvgIpc) is 1.84. The molecule has 0 unspecified atom stereocenters. The Morgan fingerprint density at radius 3 is 3.00 bits per heavy atom. The normalized spacial score (nSPS) is 19.0. The van der Waals surface area contributed by atoms with Gasteiger partial charge in [0.25, 0.3) is 0 Å². The van der Waals surface area contributed by atoms with Crippen molar-refractivity contribution in [2.24, 2.45) is 4.99 Å². The quantitative estimate of drug-likeness (QED) is 0.484. The zero-order chi connectivity index (χ0) is 7.40. The molecule has 1 aliphatic heterocycles. The summed E-state index contributed by atoms with van der Waals surface area (Å²) >= 11 is 0. The molecule has 1 nitrogen and oxygen atoms in total. The van der Waals surface area contributed by atoms with Crippen LogP contribution < -0.4 is 0 Å². The van der Waals surface area contributed by atoms with Crippen molar-refractivity contribution in [3.8, 4) is 0 Å². The van der Waals surface area contributed by atoms with Crippen LogP contribution in [-0.2, 0) is 0 Å². The fraction of sp³-hybridized carbons (Fsp3) is 0.444. The van der Waals surface area contributed by atoms with Gasteiger partial charge in [0.15, 0.2) is 0 Å². The van der Waals surface area contributed by atoms with Gasteiger partial charge in [-0.2, -0.15) is 0 Å². The van der Waals surface area contributed by atoms with Gasteiger partial charge in [0, 0.05) is 11.9 Å². The van der Waals surface area contributed by atoms with Crippen LogP contribution in [0.25, 0.3) is 0 Å². The van der Waals surface area contributed by atoms with Crippen molar-refractivity contribution in [2.75, 3.05) is 0 Å². The summed E-state index contributed by atoms with van der Waals surface area (Å²) < 4.78 is 0. The van der Waals surface area contributed by atoms with Crippen LogP contribution in [0.15, 0.2) is 28.4 Å². The lowest BCUT2D eigenvalue weighted by Gasteiger charge is -1.99. The smallest absolute Gasteiger partial charge is 0.0332 e. The van der Waals surface area contributed by atoms with Crippen molar-refractivity contribution in [1.82, 2.24) is 0 Å². The van der Waals surface area contributed by atoms with E-state index >= 15 is 0 Å². The topological polar surface area (TPSA) is 12.4 Å². The van der Waals surface area contributed by atoms with Gasteiger partial charge in [-0.15, -0.1) is 0 Å². The van der Waals surface area contributed by atoms with Gasteiger partial charge in [0.1, 0.15) is 0 Å². The molecule has 0 bridgehead atoms. The lowest BCUT2D eigenvalue weighted by atomic mass is 10.1. The van der Waals surface area contributed by atoms with Gasteiger partial charge in [-0.25, -0.2) is 0 Å². The van der Waals surface area contributed by atoms with Crippen LogP contribution in [0.1, 0.15) is 26.7 Å². The van der Waals surface area contributed by atoms with Gasteiger partial charge in [-0.1, -0.05) is 11.6 Å². The van der Waals surface area contributed by atoms with E-state index in [4.69, 9.17) is 0 Å². The SMILES string of the molecule is CC1=CC=NC(C)=CCC1. The third-order valence-corrected chi connectivity index (χ3v) is 1.62. The molecule has 0 aliphatic carbocycles. The molecule has 0 aromatic heterocycles. The Balaban J connectivity index is 2.70. The molecule has 0 aromatic rings. The molecule has 0 N–H and O–H groups in total. The molecule has 0 aromatic carbocycles. The second-order valence-electron chi connectivity index (χ2n) is 2.68. The minimum Gasteiger partial charge on any atom is -0.262 e. The van der Waals surface area contributed by atoms with Gasteiger partial charge in [0.05, 0.1) is 0 Å². The van der Waals surface area contributed by atoms with E-state index in [2.05, 4.69) is 24.1 Å². The van der Waals surface area contributed by atoms with Crippen LogP contribution in [0.2, 0.25) is 0 Å². The zero-order valence-electron chi connectivity index (χ0n) is 6.59. The second kappa shape index (κ2) is 3.35. The largest absolute Gasteiger partial charge is 0.262 e. The van der Waals surface area contributed by atoms with Gasteiger partial charge in [-0.05, 0) is 32.8 Å². The summed E-state index contributed by atoms with van der Waals surface area (Å²) in [6, 6.07) is 0. The summed E-state index contributed by atoms with van der Waals surface area (Å²) in [4.78, 5) is 4.19. The number of rotatable bonds is 0. The van der Waals surface area contributed by atoms with E-state index < -0.39 is 0 Å². The summed E-state index contributed by atoms with van der Waals surface area (Å²) in [7, 11) is 0. The van der Waals surface area contributed by atoms with Crippen LogP contribution in [0.3, 0.4) is 0 Å². The van der Waals surface area contributed by atoms with E-state index in [0.717, 1.165) is 12.1 Å². The molecule has 0 radical (unpaired) electrons. The average molecular weight is 135 g/mol. The first-order valence-corrected chi connectivity index (χ1v) is 3.65. The molecular weight excluding hydrogens is 122 g/mol. The van der Waals surface area contributed by atoms with Crippen molar-refractivity contribution in [3.63, 3.8) is 0 Å². The molecule has 1 heteroatoms. The predicted molar refractivity (Wildman–Crippen MR) is 45.2 cm³/mol. The third kappa shape index (κ3) is 2.18. The lowest BCUT2D eigenvalue weighted by Crippen LogP contribution is -1.82. The molecule has 0 fully saturated rings.